The Morgan fingerprint density at radius 1 is 1.30 bits per heavy atom. The second kappa shape index (κ2) is 5.59. The number of sulfonamides is 1. The lowest BCUT2D eigenvalue weighted by molar-refractivity contribution is 0.594. The summed E-state index contributed by atoms with van der Waals surface area (Å²) in [6.45, 7) is 2.12. The van der Waals surface area contributed by atoms with E-state index in [0.717, 1.165) is 0 Å². The van der Waals surface area contributed by atoms with Gasteiger partial charge in [-0.05, 0) is 38.2 Å². The molecule has 20 heavy (non-hydrogen) atoms. The van der Waals surface area contributed by atoms with Gasteiger partial charge in [0.2, 0.25) is 5.03 Å². The molecular formula is C12H15FN4O2S. The summed E-state index contributed by atoms with van der Waals surface area (Å²) < 4.78 is 39.7. The highest BCUT2D eigenvalue weighted by Gasteiger charge is 2.23. The Kier molecular flexibility index (Phi) is 4.05. The largest absolute Gasteiger partial charge is 0.316 e. The first-order valence-electron chi connectivity index (χ1n) is 5.91. The van der Waals surface area contributed by atoms with Crippen molar-refractivity contribution in [3.05, 3.63) is 41.3 Å². The van der Waals surface area contributed by atoms with E-state index in [9.17, 15) is 12.8 Å². The molecule has 0 aliphatic heterocycles. The lowest BCUT2D eigenvalue weighted by Crippen LogP contribution is -2.17. The topological polar surface area (TPSA) is 86.9 Å². The van der Waals surface area contributed by atoms with E-state index >= 15 is 0 Å². The van der Waals surface area contributed by atoms with Gasteiger partial charge in [0.1, 0.15) is 5.82 Å². The van der Waals surface area contributed by atoms with Crippen LogP contribution in [0.2, 0.25) is 0 Å². The quantitative estimate of drug-likeness (QED) is 0.778. The molecule has 1 aromatic heterocycles. The van der Waals surface area contributed by atoms with Gasteiger partial charge in [0.15, 0.2) is 0 Å². The molecule has 0 aliphatic carbocycles. The van der Waals surface area contributed by atoms with E-state index in [2.05, 4.69) is 20.2 Å². The van der Waals surface area contributed by atoms with Crippen LogP contribution in [-0.2, 0) is 16.6 Å². The predicted octanol–water partition coefficient (Wildman–Crippen LogP) is 1.38. The van der Waals surface area contributed by atoms with Crippen LogP contribution in [0, 0.1) is 12.7 Å². The molecule has 0 unspecified atom stereocenters. The minimum absolute atomic E-state index is 0.0614. The first-order valence-corrected chi connectivity index (χ1v) is 7.39. The number of rotatable bonds is 5. The normalized spacial score (nSPS) is 11.6. The number of anilines is 1. The minimum Gasteiger partial charge on any atom is -0.316 e. The first-order chi connectivity index (χ1) is 9.44. The molecule has 2 rings (SSSR count). The lowest BCUT2D eigenvalue weighted by atomic mass is 10.3. The molecule has 3 N–H and O–H groups in total. The van der Waals surface area contributed by atoms with Gasteiger partial charge >= 0.3 is 0 Å². The zero-order valence-electron chi connectivity index (χ0n) is 11.1. The molecule has 1 aromatic carbocycles. The SMILES string of the molecule is CNCc1c(S(=O)(=O)Nc2ccc(F)cc2)n[nH]c1C. The zero-order chi connectivity index (χ0) is 14.8. The van der Waals surface area contributed by atoms with Crippen LogP contribution in [0.4, 0.5) is 10.1 Å². The molecule has 0 radical (unpaired) electrons. The Hall–Kier alpha value is -1.93. The molecule has 6 nitrogen and oxygen atoms in total. The van der Waals surface area contributed by atoms with Gasteiger partial charge in [-0.25, -0.2) is 4.39 Å². The van der Waals surface area contributed by atoms with Crippen molar-refractivity contribution >= 4 is 15.7 Å². The van der Waals surface area contributed by atoms with Crippen molar-refractivity contribution in [3.8, 4) is 0 Å². The Balaban J connectivity index is 2.33. The number of aromatic nitrogens is 2. The van der Waals surface area contributed by atoms with Crippen LogP contribution < -0.4 is 10.0 Å². The van der Waals surface area contributed by atoms with Gasteiger partial charge < -0.3 is 5.32 Å². The fourth-order valence-corrected chi connectivity index (χ4v) is 3.02. The van der Waals surface area contributed by atoms with Gasteiger partial charge in [0.25, 0.3) is 10.0 Å². The van der Waals surface area contributed by atoms with Crippen LogP contribution in [-0.4, -0.2) is 25.7 Å². The third-order valence-electron chi connectivity index (χ3n) is 2.74. The molecule has 0 bridgehead atoms. The number of aromatic amines is 1. The van der Waals surface area contributed by atoms with Gasteiger partial charge in [-0.2, -0.15) is 13.5 Å². The number of hydrogen-bond donors (Lipinski definition) is 3. The number of hydrogen-bond acceptors (Lipinski definition) is 4. The third-order valence-corrected chi connectivity index (χ3v) is 4.09. The number of nitrogens with zero attached hydrogens (tertiary/aromatic N) is 1. The standard InChI is InChI=1S/C12H15FN4O2S/c1-8-11(7-14-2)12(16-15-8)20(18,19)17-10-5-3-9(13)4-6-10/h3-6,14,17H,7H2,1-2H3,(H,15,16). The monoisotopic (exact) mass is 298 g/mol. The lowest BCUT2D eigenvalue weighted by Gasteiger charge is -2.08. The molecule has 8 heteroatoms. The van der Waals surface area contributed by atoms with E-state index in [0.29, 0.717) is 17.8 Å². The Morgan fingerprint density at radius 3 is 2.55 bits per heavy atom. The Bertz CT molecular complexity index is 695. The van der Waals surface area contributed by atoms with Gasteiger partial charge in [-0.3, -0.25) is 9.82 Å². The highest BCUT2D eigenvalue weighted by atomic mass is 32.2. The smallest absolute Gasteiger partial charge is 0.281 e. The molecule has 0 saturated heterocycles. The number of benzene rings is 1. The van der Waals surface area contributed by atoms with Gasteiger partial charge in [-0.1, -0.05) is 0 Å². The predicted molar refractivity (Wildman–Crippen MR) is 73.3 cm³/mol. The molecule has 0 amide bonds. The Labute approximate surface area is 116 Å². The zero-order valence-corrected chi connectivity index (χ0v) is 11.9. The number of aryl methyl sites for hydroxylation is 1. The van der Waals surface area contributed by atoms with E-state index in [-0.39, 0.29) is 10.7 Å². The second-order valence-electron chi connectivity index (χ2n) is 4.28. The van der Waals surface area contributed by atoms with Crippen LogP contribution in [0.3, 0.4) is 0 Å². The van der Waals surface area contributed by atoms with E-state index in [4.69, 9.17) is 0 Å². The summed E-state index contributed by atoms with van der Waals surface area (Å²) in [4.78, 5) is 0. The van der Waals surface area contributed by atoms with Crippen LogP contribution >= 0.6 is 0 Å². The van der Waals surface area contributed by atoms with Crippen LogP contribution in [0.25, 0.3) is 0 Å². The fraction of sp³-hybridized carbons (Fsp3) is 0.250. The average molecular weight is 298 g/mol. The van der Waals surface area contributed by atoms with Crippen molar-refractivity contribution in [2.45, 2.75) is 18.5 Å². The number of H-pyrrole nitrogens is 1. The maximum Gasteiger partial charge on any atom is 0.281 e. The summed E-state index contributed by atoms with van der Waals surface area (Å²) in [5.74, 6) is -0.431. The molecule has 0 aliphatic rings. The van der Waals surface area contributed by atoms with Gasteiger partial charge in [0, 0.05) is 23.5 Å². The third kappa shape index (κ3) is 2.97. The molecule has 1 heterocycles. The summed E-state index contributed by atoms with van der Waals surface area (Å²) in [6, 6.07) is 5.07. The second-order valence-corrected chi connectivity index (χ2v) is 5.87. The molecular weight excluding hydrogens is 283 g/mol. The van der Waals surface area contributed by atoms with Crippen molar-refractivity contribution in [1.29, 1.82) is 0 Å². The Morgan fingerprint density at radius 2 is 1.95 bits per heavy atom. The van der Waals surface area contributed by atoms with E-state index < -0.39 is 15.8 Å². The maximum atomic E-state index is 12.8. The van der Waals surface area contributed by atoms with E-state index in [1.54, 1.807) is 14.0 Å². The summed E-state index contributed by atoms with van der Waals surface area (Å²) in [6.07, 6.45) is 0. The summed E-state index contributed by atoms with van der Waals surface area (Å²) in [5, 5.41) is 9.32. The highest BCUT2D eigenvalue weighted by Crippen LogP contribution is 2.20. The summed E-state index contributed by atoms with van der Waals surface area (Å²) in [7, 11) is -2.09. The molecule has 0 fully saturated rings. The van der Waals surface area contributed by atoms with Crippen molar-refractivity contribution < 1.29 is 12.8 Å². The van der Waals surface area contributed by atoms with Crippen LogP contribution in [0.1, 0.15) is 11.3 Å². The number of nitrogens with one attached hydrogen (secondary N) is 3. The minimum atomic E-state index is -3.81. The first kappa shape index (κ1) is 14.5. The molecule has 0 spiro atoms. The van der Waals surface area contributed by atoms with E-state index in [1.165, 1.54) is 24.3 Å². The van der Waals surface area contributed by atoms with Gasteiger partial charge in [-0.15, -0.1) is 0 Å². The highest BCUT2D eigenvalue weighted by molar-refractivity contribution is 7.92. The van der Waals surface area contributed by atoms with Crippen molar-refractivity contribution in [3.63, 3.8) is 0 Å². The van der Waals surface area contributed by atoms with Crippen LogP contribution in [0.5, 0.6) is 0 Å². The van der Waals surface area contributed by atoms with Gasteiger partial charge in [0.05, 0.1) is 0 Å². The average Bonchev–Trinajstić information content (AvgIpc) is 2.75. The van der Waals surface area contributed by atoms with Crippen molar-refractivity contribution in [2.75, 3.05) is 11.8 Å². The maximum absolute atomic E-state index is 12.8. The van der Waals surface area contributed by atoms with Crippen LogP contribution in [0.15, 0.2) is 29.3 Å². The molecule has 0 atom stereocenters. The molecule has 0 saturated carbocycles. The van der Waals surface area contributed by atoms with Crippen molar-refractivity contribution in [2.24, 2.45) is 0 Å². The van der Waals surface area contributed by atoms with E-state index in [1.807, 2.05) is 0 Å². The fourth-order valence-electron chi connectivity index (χ4n) is 1.76. The van der Waals surface area contributed by atoms with Crippen molar-refractivity contribution in [1.82, 2.24) is 15.5 Å². The summed E-state index contributed by atoms with van der Waals surface area (Å²) >= 11 is 0. The molecule has 2 aromatic rings. The molecule has 108 valence electrons. The summed E-state index contributed by atoms with van der Waals surface area (Å²) in [5.41, 5.74) is 1.53. The number of halogens is 1.